The average Bonchev–Trinajstić information content (AvgIpc) is 3.38. The Labute approximate surface area is 404 Å². The minimum Gasteiger partial charge on any atom is -0.489 e. The molecule has 0 amide bonds. The van der Waals surface area contributed by atoms with E-state index in [4.69, 9.17) is 42.3 Å². The smallest absolute Gasteiger partial charge is 0.383 e. The van der Waals surface area contributed by atoms with E-state index in [1.165, 1.54) is 73.9 Å². The summed E-state index contributed by atoms with van der Waals surface area (Å²) in [7, 11) is 0. The molecule has 364 valence electrons. The van der Waals surface area contributed by atoms with E-state index in [1.54, 1.807) is 84.9 Å². The average molecular weight is 955 g/mol. The Bertz CT molecular complexity index is 2740. The molecule has 0 bridgehead atoms. The molecule has 5 atom stereocenters. The largest absolute Gasteiger partial charge is 0.489 e. The van der Waals surface area contributed by atoms with Gasteiger partial charge in [-0.05, 0) is 67.1 Å². The molecule has 1 aliphatic heterocycles. The minimum atomic E-state index is -1.70. The monoisotopic (exact) mass is 954 g/mol. The minimum absolute atomic E-state index is 0.00390. The Hall–Kier alpha value is -7.78. The number of esters is 5. The lowest BCUT2D eigenvalue weighted by Gasteiger charge is -2.44. The van der Waals surface area contributed by atoms with Gasteiger partial charge in [0.1, 0.15) is 24.0 Å². The van der Waals surface area contributed by atoms with Crippen LogP contribution in [0.1, 0.15) is 107 Å². The molecule has 1 aromatic heterocycles. The summed E-state index contributed by atoms with van der Waals surface area (Å²) in [5.41, 5.74) is -0.470. The van der Waals surface area contributed by atoms with Gasteiger partial charge in [0.2, 0.25) is 12.4 Å². The molecular weight excluding hydrogens is 901 g/mol. The van der Waals surface area contributed by atoms with Gasteiger partial charge >= 0.3 is 35.5 Å². The van der Waals surface area contributed by atoms with Crippen LogP contribution in [0.5, 0.6) is 17.2 Å². The molecule has 7 rings (SSSR count). The summed E-state index contributed by atoms with van der Waals surface area (Å²) in [6.45, 7) is 2.97. The summed E-state index contributed by atoms with van der Waals surface area (Å²) in [6.07, 6.45) is 0.294. The molecule has 0 aliphatic carbocycles. The molecule has 6 aromatic rings. The lowest BCUT2D eigenvalue weighted by Crippen LogP contribution is -2.63. The van der Waals surface area contributed by atoms with Gasteiger partial charge in [0.25, 0.3) is 5.75 Å². The Balaban J connectivity index is 1.26. The first-order chi connectivity index (χ1) is 34.1. The van der Waals surface area contributed by atoms with E-state index in [0.29, 0.717) is 6.42 Å². The molecule has 15 nitrogen and oxygen atoms in total. The molecule has 5 aromatic carbocycles. The predicted octanol–water partition coefficient (Wildman–Crippen LogP) is 9.88. The quantitative estimate of drug-likeness (QED) is 0.0270. The van der Waals surface area contributed by atoms with Crippen molar-refractivity contribution in [1.82, 2.24) is 0 Å². The third-order valence-corrected chi connectivity index (χ3v) is 11.3. The van der Waals surface area contributed by atoms with Gasteiger partial charge in [-0.25, -0.2) is 24.0 Å². The molecule has 1 aliphatic rings. The number of carbonyl (C=O) groups excluding carboxylic acids is 5. The second-order valence-electron chi connectivity index (χ2n) is 16.5. The van der Waals surface area contributed by atoms with Crippen molar-refractivity contribution in [3.63, 3.8) is 0 Å². The maximum Gasteiger partial charge on any atom is 0.383 e. The molecule has 2 heterocycles. The second-order valence-corrected chi connectivity index (χ2v) is 16.5. The van der Waals surface area contributed by atoms with Crippen LogP contribution >= 0.6 is 0 Å². The van der Waals surface area contributed by atoms with Gasteiger partial charge in [-0.3, -0.25) is 4.79 Å². The number of fused-ring (bicyclic) bond motifs is 1. The third-order valence-electron chi connectivity index (χ3n) is 11.3. The van der Waals surface area contributed by atoms with Gasteiger partial charge < -0.3 is 42.3 Å². The third kappa shape index (κ3) is 13.5. The van der Waals surface area contributed by atoms with Crippen LogP contribution in [0.15, 0.2) is 149 Å². The fourth-order valence-corrected chi connectivity index (χ4v) is 7.75. The van der Waals surface area contributed by atoms with E-state index in [1.807, 2.05) is 0 Å². The number of ether oxygens (including phenoxy) is 8. The van der Waals surface area contributed by atoms with E-state index in [0.717, 1.165) is 32.6 Å². The van der Waals surface area contributed by atoms with Gasteiger partial charge in [-0.15, -0.1) is 0 Å². The first-order valence-electron chi connectivity index (χ1n) is 23.3. The van der Waals surface area contributed by atoms with Crippen molar-refractivity contribution in [2.24, 2.45) is 0 Å². The molecular formula is C55H54O15. The zero-order valence-corrected chi connectivity index (χ0v) is 38.9. The summed E-state index contributed by atoms with van der Waals surface area (Å²) in [5.74, 6) is -4.56. The van der Waals surface area contributed by atoms with Crippen LogP contribution in [-0.2, 0) is 28.5 Å². The summed E-state index contributed by atoms with van der Waals surface area (Å²) in [4.78, 5) is 81.0. The lowest BCUT2D eigenvalue weighted by molar-refractivity contribution is -0.275. The molecule has 0 unspecified atom stereocenters. The van der Waals surface area contributed by atoms with Crippen LogP contribution in [0.2, 0.25) is 0 Å². The molecule has 15 heteroatoms. The standard InChI is InChI=1S/C55H54O15/c1-3-4-5-6-7-8-9-22-33-62-45-42-32-31-41(34-43(42)66-54(61)48(45)64-36(2)56)65-55-49(70-53(60)40-29-20-13-21-30-40)47(69-52(59)39-27-18-12-19-28-39)46(68-51(58)38-25-16-11-17-26-38)44(67-55)35-63-50(57)37-23-14-10-15-24-37/h10-21,23-32,34,44,46-47,49,55H,3-9,22,33,35H2,1-2H3/t44-,46-,47+,49+,55+/m1/s1. The molecule has 1 saturated heterocycles. The lowest BCUT2D eigenvalue weighted by atomic mass is 9.97. The fraction of sp³-hybridized carbons (Fsp3) is 0.309. The van der Waals surface area contributed by atoms with Crippen LogP contribution in [0.25, 0.3) is 11.0 Å². The number of carbonyl (C=O) groups is 5. The molecule has 0 spiro atoms. The first kappa shape index (κ1) is 50.1. The number of hydrogen-bond acceptors (Lipinski definition) is 15. The highest BCUT2D eigenvalue weighted by atomic mass is 16.7. The van der Waals surface area contributed by atoms with Crippen molar-refractivity contribution in [3.05, 3.63) is 172 Å². The maximum atomic E-state index is 14.1. The van der Waals surface area contributed by atoms with Gasteiger partial charge in [0.15, 0.2) is 18.0 Å². The normalized spacial score (nSPS) is 17.4. The summed E-state index contributed by atoms with van der Waals surface area (Å²) in [6, 6.07) is 36.4. The Morgan fingerprint density at radius 2 is 1.03 bits per heavy atom. The van der Waals surface area contributed by atoms with Crippen molar-refractivity contribution in [2.45, 2.75) is 95.9 Å². The van der Waals surface area contributed by atoms with Crippen molar-refractivity contribution in [3.8, 4) is 17.2 Å². The van der Waals surface area contributed by atoms with Gasteiger partial charge in [0, 0.05) is 13.0 Å². The fourth-order valence-electron chi connectivity index (χ4n) is 7.75. The second kappa shape index (κ2) is 25.0. The van der Waals surface area contributed by atoms with E-state index in [9.17, 15) is 28.8 Å². The SMILES string of the molecule is CCCCCCCCCCOc1c(OC(C)=O)c(=O)oc2cc(O[C@H]3O[C@H](COC(=O)c4ccccc4)[C@@H](OC(=O)c4ccccc4)[C@H](OC(=O)c4ccccc4)[C@@H]3OC(=O)c3ccccc3)ccc12. The van der Waals surface area contributed by atoms with Crippen LogP contribution < -0.4 is 19.8 Å². The highest BCUT2D eigenvalue weighted by Crippen LogP contribution is 2.37. The highest BCUT2D eigenvalue weighted by Gasteiger charge is 2.54. The summed E-state index contributed by atoms with van der Waals surface area (Å²) in [5, 5.41) is 0.271. The van der Waals surface area contributed by atoms with Gasteiger partial charge in [0.05, 0.1) is 34.2 Å². The Morgan fingerprint density at radius 3 is 1.56 bits per heavy atom. The summed E-state index contributed by atoms with van der Waals surface area (Å²) >= 11 is 0. The zero-order valence-electron chi connectivity index (χ0n) is 38.9. The van der Waals surface area contributed by atoms with Gasteiger partial charge in [-0.1, -0.05) is 125 Å². The van der Waals surface area contributed by atoms with Crippen LogP contribution in [0.4, 0.5) is 0 Å². The van der Waals surface area contributed by atoms with E-state index >= 15 is 0 Å². The van der Waals surface area contributed by atoms with Crippen LogP contribution in [-0.4, -0.2) is 73.8 Å². The molecule has 70 heavy (non-hydrogen) atoms. The maximum absolute atomic E-state index is 14.1. The zero-order chi connectivity index (χ0) is 49.2. The predicted molar refractivity (Wildman–Crippen MR) is 255 cm³/mol. The first-order valence-corrected chi connectivity index (χ1v) is 23.3. The summed E-state index contributed by atoms with van der Waals surface area (Å²) < 4.78 is 54.2. The molecule has 0 radical (unpaired) electrons. The van der Waals surface area contributed by atoms with E-state index < -0.39 is 78.5 Å². The molecule has 1 fully saturated rings. The van der Waals surface area contributed by atoms with E-state index in [2.05, 4.69) is 6.92 Å². The number of benzene rings is 5. The van der Waals surface area contributed by atoms with E-state index in [-0.39, 0.29) is 51.3 Å². The number of rotatable bonds is 22. The topological polar surface area (TPSA) is 189 Å². The number of hydrogen-bond donors (Lipinski definition) is 0. The van der Waals surface area contributed by atoms with Gasteiger partial charge in [-0.2, -0.15) is 0 Å². The number of unbranched alkanes of at least 4 members (excludes halogenated alkanes) is 7. The van der Waals surface area contributed by atoms with Crippen LogP contribution in [0.3, 0.4) is 0 Å². The van der Waals surface area contributed by atoms with Crippen molar-refractivity contribution in [2.75, 3.05) is 13.2 Å². The van der Waals surface area contributed by atoms with Crippen molar-refractivity contribution >= 4 is 40.8 Å². The Kier molecular flexibility index (Phi) is 17.9. The molecule has 0 saturated carbocycles. The molecule has 0 N–H and O–H groups in total. The highest BCUT2D eigenvalue weighted by molar-refractivity contribution is 5.92. The van der Waals surface area contributed by atoms with Crippen LogP contribution in [0, 0.1) is 0 Å². The van der Waals surface area contributed by atoms with Crippen molar-refractivity contribution in [1.29, 1.82) is 0 Å². The van der Waals surface area contributed by atoms with Crippen molar-refractivity contribution < 1.29 is 66.3 Å². The Morgan fingerprint density at radius 1 is 0.543 bits per heavy atom.